The van der Waals surface area contributed by atoms with E-state index in [1.807, 2.05) is 0 Å². The Labute approximate surface area is 109 Å². The summed E-state index contributed by atoms with van der Waals surface area (Å²) in [5.74, 6) is -2.03. The predicted molar refractivity (Wildman–Crippen MR) is 63.0 cm³/mol. The number of carboxylic acid groups (broad SMARTS) is 1. The highest BCUT2D eigenvalue weighted by Gasteiger charge is 2.40. The largest absolute Gasteiger partial charge is 0.481 e. The first-order valence-corrected chi connectivity index (χ1v) is 6.87. The van der Waals surface area contributed by atoms with Crippen molar-refractivity contribution < 1.29 is 38.7 Å². The van der Waals surface area contributed by atoms with Crippen molar-refractivity contribution in [3.63, 3.8) is 0 Å². The third kappa shape index (κ3) is 7.24. The quantitative estimate of drug-likeness (QED) is 0.360. The second kappa shape index (κ2) is 6.97. The Kier molecular flexibility index (Phi) is 6.61. The molecule has 0 fully saturated rings. The fraction of sp³-hybridized carbons (Fsp3) is 0.778. The van der Waals surface area contributed by atoms with E-state index in [1.165, 1.54) is 13.8 Å². The van der Waals surface area contributed by atoms with Gasteiger partial charge in [0.15, 0.2) is 6.10 Å². The number of rotatable bonds is 8. The number of hydrogen-bond acceptors (Lipinski definition) is 5. The standard InChI is InChI=1S/C9H18NO8P/c1-9(2,5-11)7(18-19(15,16)17)8(14)10-4-3-6(12)13/h7,11H,3-5H2,1-2H3,(H,10,14)(H,12,13)(H2,15,16,17)/t7-/m0/s1. The van der Waals surface area contributed by atoms with E-state index in [4.69, 9.17) is 20.0 Å². The molecule has 0 heterocycles. The molecule has 0 saturated carbocycles. The Morgan fingerprint density at radius 3 is 2.26 bits per heavy atom. The van der Waals surface area contributed by atoms with Gasteiger partial charge < -0.3 is 25.3 Å². The number of phosphoric ester groups is 1. The van der Waals surface area contributed by atoms with Crippen molar-refractivity contribution in [3.8, 4) is 0 Å². The van der Waals surface area contributed by atoms with Crippen LogP contribution >= 0.6 is 7.82 Å². The summed E-state index contributed by atoms with van der Waals surface area (Å²) in [6.45, 7) is 1.99. The summed E-state index contributed by atoms with van der Waals surface area (Å²) in [6.07, 6.45) is -1.94. The van der Waals surface area contributed by atoms with Gasteiger partial charge >= 0.3 is 13.8 Å². The highest BCUT2D eigenvalue weighted by molar-refractivity contribution is 7.46. The van der Waals surface area contributed by atoms with Gasteiger partial charge in [0.1, 0.15) is 0 Å². The zero-order chi connectivity index (χ0) is 15.3. The topological polar surface area (TPSA) is 153 Å². The van der Waals surface area contributed by atoms with Crippen molar-refractivity contribution in [1.82, 2.24) is 5.32 Å². The van der Waals surface area contributed by atoms with E-state index >= 15 is 0 Å². The van der Waals surface area contributed by atoms with Gasteiger partial charge in [0.25, 0.3) is 0 Å². The molecule has 0 aliphatic heterocycles. The van der Waals surface area contributed by atoms with E-state index in [0.717, 1.165) is 0 Å². The molecule has 1 amide bonds. The number of aliphatic carboxylic acids is 1. The van der Waals surface area contributed by atoms with Crippen molar-refractivity contribution in [1.29, 1.82) is 0 Å². The third-order valence-corrected chi connectivity index (χ3v) is 2.72. The zero-order valence-corrected chi connectivity index (χ0v) is 11.5. The minimum absolute atomic E-state index is 0.212. The summed E-state index contributed by atoms with van der Waals surface area (Å²) < 4.78 is 15.2. The number of aliphatic hydroxyl groups is 1. The summed E-state index contributed by atoms with van der Waals surface area (Å²) in [6, 6.07) is 0. The number of nitrogens with one attached hydrogen (secondary N) is 1. The molecule has 0 rings (SSSR count). The molecule has 1 atom stereocenters. The van der Waals surface area contributed by atoms with Crippen LogP contribution in [0.1, 0.15) is 20.3 Å². The van der Waals surface area contributed by atoms with Crippen LogP contribution in [0.2, 0.25) is 0 Å². The van der Waals surface area contributed by atoms with Crippen LogP contribution in [0, 0.1) is 5.41 Å². The third-order valence-electron chi connectivity index (χ3n) is 2.24. The van der Waals surface area contributed by atoms with Gasteiger partial charge in [-0.1, -0.05) is 13.8 Å². The first-order chi connectivity index (χ1) is 8.49. The zero-order valence-electron chi connectivity index (χ0n) is 10.6. The second-order valence-corrected chi connectivity index (χ2v) is 5.75. The van der Waals surface area contributed by atoms with Crippen LogP contribution in [0.4, 0.5) is 0 Å². The van der Waals surface area contributed by atoms with E-state index in [2.05, 4.69) is 9.84 Å². The van der Waals surface area contributed by atoms with E-state index in [0.29, 0.717) is 0 Å². The smallest absolute Gasteiger partial charge is 0.470 e. The molecule has 112 valence electrons. The molecule has 0 aromatic heterocycles. The van der Waals surface area contributed by atoms with Crippen molar-refractivity contribution >= 4 is 19.7 Å². The van der Waals surface area contributed by atoms with Crippen molar-refractivity contribution in [2.45, 2.75) is 26.4 Å². The molecule has 19 heavy (non-hydrogen) atoms. The molecule has 0 aliphatic rings. The van der Waals surface area contributed by atoms with Crippen molar-refractivity contribution in [2.75, 3.05) is 13.2 Å². The molecule has 0 aromatic carbocycles. The van der Waals surface area contributed by atoms with E-state index < -0.39 is 37.8 Å². The first kappa shape index (κ1) is 18.0. The highest BCUT2D eigenvalue weighted by atomic mass is 31.2. The van der Waals surface area contributed by atoms with Crippen LogP contribution in [0.5, 0.6) is 0 Å². The fourth-order valence-electron chi connectivity index (χ4n) is 1.15. The molecular weight excluding hydrogens is 281 g/mol. The minimum atomic E-state index is -4.92. The average molecular weight is 299 g/mol. The van der Waals surface area contributed by atoms with Crippen LogP contribution in [0.3, 0.4) is 0 Å². The number of amides is 1. The van der Waals surface area contributed by atoms with Gasteiger partial charge in [0.2, 0.25) is 5.91 Å². The highest BCUT2D eigenvalue weighted by Crippen LogP contribution is 2.41. The summed E-state index contributed by atoms with van der Waals surface area (Å²) in [7, 11) is -4.92. The van der Waals surface area contributed by atoms with E-state index in [9.17, 15) is 14.2 Å². The van der Waals surface area contributed by atoms with Gasteiger partial charge in [-0.2, -0.15) is 0 Å². The predicted octanol–water partition coefficient (Wildman–Crippen LogP) is -0.926. The van der Waals surface area contributed by atoms with Gasteiger partial charge in [-0.25, -0.2) is 4.57 Å². The molecule has 5 N–H and O–H groups in total. The Hall–Kier alpha value is -0.990. The van der Waals surface area contributed by atoms with Gasteiger partial charge in [0.05, 0.1) is 13.0 Å². The average Bonchev–Trinajstić information content (AvgIpc) is 2.23. The molecule has 0 spiro atoms. The van der Waals surface area contributed by atoms with Gasteiger partial charge in [-0.05, 0) is 0 Å². The molecule has 0 aromatic rings. The summed E-state index contributed by atoms with van der Waals surface area (Å²) in [5.41, 5.74) is -1.24. The van der Waals surface area contributed by atoms with Crippen molar-refractivity contribution in [3.05, 3.63) is 0 Å². The Morgan fingerprint density at radius 1 is 1.37 bits per heavy atom. The lowest BCUT2D eigenvalue weighted by molar-refractivity contribution is -0.138. The summed E-state index contributed by atoms with van der Waals surface area (Å²) in [4.78, 5) is 39.5. The lowest BCUT2D eigenvalue weighted by Gasteiger charge is -2.31. The van der Waals surface area contributed by atoms with E-state index in [-0.39, 0.29) is 13.0 Å². The van der Waals surface area contributed by atoms with E-state index in [1.54, 1.807) is 0 Å². The van der Waals surface area contributed by atoms with Crippen LogP contribution in [0.15, 0.2) is 0 Å². The molecule has 0 unspecified atom stereocenters. The molecule has 0 radical (unpaired) electrons. The van der Waals surface area contributed by atoms with Crippen LogP contribution in [-0.4, -0.2) is 51.1 Å². The second-order valence-electron chi connectivity index (χ2n) is 4.56. The maximum atomic E-state index is 11.7. The molecule has 9 nitrogen and oxygen atoms in total. The van der Waals surface area contributed by atoms with Gasteiger partial charge in [-0.15, -0.1) is 0 Å². The number of phosphoric acid groups is 1. The molecule has 0 aliphatic carbocycles. The number of carbonyl (C=O) groups is 2. The van der Waals surface area contributed by atoms with Crippen LogP contribution < -0.4 is 5.32 Å². The molecular formula is C9H18NO8P. The summed E-state index contributed by atoms with van der Waals surface area (Å²) in [5, 5.41) is 19.7. The molecule has 10 heteroatoms. The summed E-state index contributed by atoms with van der Waals surface area (Å²) >= 11 is 0. The Bertz CT molecular complexity index is 376. The fourth-order valence-corrected chi connectivity index (χ4v) is 1.81. The number of carboxylic acids is 1. The van der Waals surface area contributed by atoms with Crippen LogP contribution in [-0.2, 0) is 18.7 Å². The number of aliphatic hydroxyl groups excluding tert-OH is 1. The lowest BCUT2D eigenvalue weighted by Crippen LogP contribution is -2.47. The molecule has 0 bridgehead atoms. The van der Waals surface area contributed by atoms with Crippen molar-refractivity contribution in [2.24, 2.45) is 5.41 Å². The van der Waals surface area contributed by atoms with Gasteiger partial charge in [-0.3, -0.25) is 14.1 Å². The lowest BCUT2D eigenvalue weighted by atomic mass is 9.87. The maximum Gasteiger partial charge on any atom is 0.470 e. The number of carbonyl (C=O) groups excluding carboxylic acids is 1. The Balaban J connectivity index is 4.79. The monoisotopic (exact) mass is 299 g/mol. The van der Waals surface area contributed by atoms with Crippen LogP contribution in [0.25, 0.3) is 0 Å². The maximum absolute atomic E-state index is 11.7. The Morgan fingerprint density at radius 2 is 1.89 bits per heavy atom. The SMILES string of the molecule is CC(C)(CO)[C@@H](OP(=O)(O)O)C(=O)NCCC(=O)O. The first-order valence-electron chi connectivity index (χ1n) is 5.34. The molecule has 0 saturated heterocycles. The number of hydrogen-bond donors (Lipinski definition) is 5. The minimum Gasteiger partial charge on any atom is -0.481 e. The van der Waals surface area contributed by atoms with Gasteiger partial charge in [0, 0.05) is 12.0 Å². The normalized spacial score (nSPS) is 13.9.